The minimum absolute atomic E-state index is 0.149. The molecule has 1 amide bonds. The molecule has 1 N–H and O–H groups in total. The van der Waals surface area contributed by atoms with Crippen LogP contribution in [0, 0.1) is 0 Å². The first-order chi connectivity index (χ1) is 6.88. The molecule has 0 aliphatic carbocycles. The number of amides is 1. The molecule has 0 fully saturated rings. The van der Waals surface area contributed by atoms with E-state index in [4.69, 9.17) is 9.47 Å². The van der Waals surface area contributed by atoms with Gasteiger partial charge >= 0.3 is 12.1 Å². The summed E-state index contributed by atoms with van der Waals surface area (Å²) in [6.07, 6.45) is 1.58. The highest BCUT2D eigenvalue weighted by Gasteiger charge is 2.21. The summed E-state index contributed by atoms with van der Waals surface area (Å²) in [5.74, 6) is -0.521. The van der Waals surface area contributed by atoms with Gasteiger partial charge in [-0.25, -0.2) is 9.59 Å². The molecular formula is C10H15NO4. The first kappa shape index (κ1) is 11.6. The van der Waals surface area contributed by atoms with E-state index < -0.39 is 17.7 Å². The van der Waals surface area contributed by atoms with Crippen LogP contribution in [0.15, 0.2) is 11.8 Å². The zero-order chi connectivity index (χ0) is 11.5. The minimum Gasteiger partial charge on any atom is -0.461 e. The van der Waals surface area contributed by atoms with Crippen LogP contribution in [-0.2, 0) is 14.3 Å². The molecule has 0 atom stereocenters. The van der Waals surface area contributed by atoms with Gasteiger partial charge in [0.05, 0.1) is 6.61 Å². The molecule has 5 heteroatoms. The number of hydrogen-bond donors (Lipinski definition) is 1. The number of rotatable bonds is 1. The van der Waals surface area contributed by atoms with E-state index in [0.29, 0.717) is 13.0 Å². The van der Waals surface area contributed by atoms with Crippen LogP contribution in [0.5, 0.6) is 0 Å². The number of hydrogen-bond acceptors (Lipinski definition) is 4. The smallest absolute Gasteiger partial charge is 0.412 e. The number of cyclic esters (lactones) is 1. The Bertz CT molecular complexity index is 301. The number of alkyl carbamates (subject to hydrolysis) is 1. The maximum absolute atomic E-state index is 11.3. The third-order valence-electron chi connectivity index (χ3n) is 1.55. The lowest BCUT2D eigenvalue weighted by molar-refractivity contribution is -0.140. The van der Waals surface area contributed by atoms with Crippen molar-refractivity contribution in [1.29, 1.82) is 0 Å². The molecule has 0 aromatic rings. The summed E-state index contributed by atoms with van der Waals surface area (Å²) < 4.78 is 9.73. The molecule has 15 heavy (non-hydrogen) atoms. The average molecular weight is 213 g/mol. The molecule has 0 saturated carbocycles. The highest BCUT2D eigenvalue weighted by molar-refractivity contribution is 5.92. The lowest BCUT2D eigenvalue weighted by Gasteiger charge is -2.21. The van der Waals surface area contributed by atoms with Gasteiger partial charge in [0.2, 0.25) is 0 Å². The van der Waals surface area contributed by atoms with E-state index >= 15 is 0 Å². The second-order valence-corrected chi connectivity index (χ2v) is 4.17. The SMILES string of the molecule is CC(C)(C)OC(=O)NC1=CCCOC1=O. The molecule has 1 aliphatic rings. The molecule has 1 aliphatic heterocycles. The molecule has 84 valence electrons. The monoisotopic (exact) mass is 213 g/mol. The van der Waals surface area contributed by atoms with Crippen LogP contribution in [0.3, 0.4) is 0 Å². The summed E-state index contributed by atoms with van der Waals surface area (Å²) in [6, 6.07) is 0. The van der Waals surface area contributed by atoms with Gasteiger partial charge in [0.15, 0.2) is 0 Å². The molecule has 0 spiro atoms. The lowest BCUT2D eigenvalue weighted by atomic mass is 10.2. The number of ether oxygens (including phenoxy) is 2. The van der Waals surface area contributed by atoms with Gasteiger partial charge in [-0.3, -0.25) is 5.32 Å². The Labute approximate surface area is 88.4 Å². The largest absolute Gasteiger partial charge is 0.461 e. The van der Waals surface area contributed by atoms with E-state index in [0.717, 1.165) is 0 Å². The van der Waals surface area contributed by atoms with Crippen LogP contribution in [0.4, 0.5) is 4.79 Å². The summed E-state index contributed by atoms with van der Waals surface area (Å²) in [6.45, 7) is 5.61. The van der Waals surface area contributed by atoms with Gasteiger partial charge in [0.1, 0.15) is 11.3 Å². The van der Waals surface area contributed by atoms with E-state index in [2.05, 4.69) is 5.32 Å². The van der Waals surface area contributed by atoms with Crippen molar-refractivity contribution in [2.24, 2.45) is 0 Å². The van der Waals surface area contributed by atoms with Crippen molar-refractivity contribution in [2.75, 3.05) is 6.61 Å². The van der Waals surface area contributed by atoms with Gasteiger partial charge in [0.25, 0.3) is 0 Å². The molecule has 0 aromatic heterocycles. The molecule has 0 bridgehead atoms. The molecule has 0 aromatic carbocycles. The van der Waals surface area contributed by atoms with E-state index in [1.165, 1.54) is 0 Å². The van der Waals surface area contributed by atoms with Crippen molar-refractivity contribution >= 4 is 12.1 Å². The Morgan fingerprint density at radius 1 is 1.53 bits per heavy atom. The molecule has 5 nitrogen and oxygen atoms in total. The first-order valence-electron chi connectivity index (χ1n) is 4.76. The fourth-order valence-electron chi connectivity index (χ4n) is 1.03. The highest BCUT2D eigenvalue weighted by atomic mass is 16.6. The van der Waals surface area contributed by atoms with Crippen molar-refractivity contribution in [1.82, 2.24) is 5.32 Å². The van der Waals surface area contributed by atoms with Crippen molar-refractivity contribution < 1.29 is 19.1 Å². The predicted molar refractivity (Wildman–Crippen MR) is 53.0 cm³/mol. The normalized spacial score (nSPS) is 16.5. The van der Waals surface area contributed by atoms with E-state index in [9.17, 15) is 9.59 Å². The van der Waals surface area contributed by atoms with Crippen molar-refractivity contribution in [3.8, 4) is 0 Å². The molecule has 0 radical (unpaired) electrons. The fraction of sp³-hybridized carbons (Fsp3) is 0.600. The third-order valence-corrected chi connectivity index (χ3v) is 1.55. The first-order valence-corrected chi connectivity index (χ1v) is 4.76. The molecule has 1 rings (SSSR count). The van der Waals surface area contributed by atoms with Crippen LogP contribution in [0.2, 0.25) is 0 Å². The molecule has 1 heterocycles. The summed E-state index contributed by atoms with van der Waals surface area (Å²) in [4.78, 5) is 22.4. The van der Waals surface area contributed by atoms with Crippen LogP contribution in [0.1, 0.15) is 27.2 Å². The van der Waals surface area contributed by atoms with E-state index in [1.807, 2.05) is 0 Å². The Hall–Kier alpha value is -1.52. The Kier molecular flexibility index (Phi) is 3.34. The second-order valence-electron chi connectivity index (χ2n) is 4.17. The zero-order valence-corrected chi connectivity index (χ0v) is 9.12. The van der Waals surface area contributed by atoms with Crippen molar-refractivity contribution in [3.63, 3.8) is 0 Å². The summed E-state index contributed by atoms with van der Waals surface area (Å²) in [5, 5.41) is 2.35. The topological polar surface area (TPSA) is 64.6 Å². The van der Waals surface area contributed by atoms with Gasteiger partial charge in [-0.2, -0.15) is 0 Å². The van der Waals surface area contributed by atoms with Gasteiger partial charge in [-0.1, -0.05) is 0 Å². The number of esters is 1. The van der Waals surface area contributed by atoms with E-state index in [-0.39, 0.29) is 5.70 Å². The minimum atomic E-state index is -0.646. The molecule has 0 unspecified atom stereocenters. The number of nitrogens with one attached hydrogen (secondary N) is 1. The fourth-order valence-corrected chi connectivity index (χ4v) is 1.03. The lowest BCUT2D eigenvalue weighted by Crippen LogP contribution is -2.35. The van der Waals surface area contributed by atoms with Crippen LogP contribution >= 0.6 is 0 Å². The quantitative estimate of drug-likeness (QED) is 0.667. The van der Waals surface area contributed by atoms with Crippen molar-refractivity contribution in [3.05, 3.63) is 11.8 Å². The summed E-state index contributed by atoms with van der Waals surface area (Å²) in [5.41, 5.74) is -0.432. The number of carbonyl (C=O) groups excluding carboxylic acids is 2. The third kappa shape index (κ3) is 4.01. The van der Waals surface area contributed by atoms with Crippen LogP contribution < -0.4 is 5.32 Å². The maximum atomic E-state index is 11.3. The van der Waals surface area contributed by atoms with Gasteiger partial charge in [-0.15, -0.1) is 0 Å². The van der Waals surface area contributed by atoms with Gasteiger partial charge in [0, 0.05) is 6.42 Å². The Morgan fingerprint density at radius 2 is 2.20 bits per heavy atom. The van der Waals surface area contributed by atoms with Crippen LogP contribution in [0.25, 0.3) is 0 Å². The second kappa shape index (κ2) is 4.33. The Morgan fingerprint density at radius 3 is 2.73 bits per heavy atom. The standard InChI is InChI=1S/C10H15NO4/c1-10(2,3)15-9(13)11-7-5-4-6-14-8(7)12/h5H,4,6H2,1-3H3,(H,11,13). The highest BCUT2D eigenvalue weighted by Crippen LogP contribution is 2.09. The molecule has 0 saturated heterocycles. The van der Waals surface area contributed by atoms with Crippen molar-refractivity contribution in [2.45, 2.75) is 32.8 Å². The number of carbonyl (C=O) groups is 2. The zero-order valence-electron chi connectivity index (χ0n) is 9.12. The average Bonchev–Trinajstić information content (AvgIpc) is 2.05. The Balaban J connectivity index is 2.51. The maximum Gasteiger partial charge on any atom is 0.412 e. The van der Waals surface area contributed by atoms with E-state index in [1.54, 1.807) is 26.8 Å². The predicted octanol–water partition coefficient (Wildman–Crippen LogP) is 1.34. The summed E-state index contributed by atoms with van der Waals surface area (Å²) in [7, 11) is 0. The summed E-state index contributed by atoms with van der Waals surface area (Å²) >= 11 is 0. The van der Waals surface area contributed by atoms with Gasteiger partial charge in [-0.05, 0) is 26.8 Å². The molecular weight excluding hydrogens is 198 g/mol. The van der Waals surface area contributed by atoms with Crippen LogP contribution in [-0.4, -0.2) is 24.3 Å². The van der Waals surface area contributed by atoms with Gasteiger partial charge < -0.3 is 9.47 Å².